The van der Waals surface area contributed by atoms with E-state index < -0.39 is 12.2 Å². The molecule has 0 aliphatic heterocycles. The van der Waals surface area contributed by atoms with E-state index >= 15 is 0 Å². The predicted molar refractivity (Wildman–Crippen MR) is 54.0 cm³/mol. The molecule has 14 heavy (non-hydrogen) atoms. The van der Waals surface area contributed by atoms with Crippen molar-refractivity contribution in [2.24, 2.45) is 0 Å². The highest BCUT2D eigenvalue weighted by molar-refractivity contribution is 7.80. The van der Waals surface area contributed by atoms with Crippen LogP contribution in [0.3, 0.4) is 0 Å². The minimum Gasteiger partial charge on any atom is -0.357 e. The van der Waals surface area contributed by atoms with Gasteiger partial charge in [-0.1, -0.05) is 6.08 Å². The van der Waals surface area contributed by atoms with Crippen LogP contribution in [0.1, 0.15) is 13.8 Å². The fraction of sp³-hybridized carbons (Fsp3) is 0.625. The van der Waals surface area contributed by atoms with Crippen molar-refractivity contribution in [3.8, 4) is 0 Å². The first-order valence-corrected chi connectivity index (χ1v) is 4.44. The van der Waals surface area contributed by atoms with Crippen LogP contribution in [0.2, 0.25) is 0 Å². The summed E-state index contributed by atoms with van der Waals surface area (Å²) in [5, 5.41) is 4.74. The van der Waals surface area contributed by atoms with Crippen LogP contribution in [0, 0.1) is 0 Å². The summed E-state index contributed by atoms with van der Waals surface area (Å²) in [6.07, 6.45) is -2.74. The summed E-state index contributed by atoms with van der Waals surface area (Å²) in [5.41, 5.74) is 0. The number of rotatable bonds is 3. The Balaban J connectivity index is 4.01. The molecule has 0 aliphatic rings. The van der Waals surface area contributed by atoms with E-state index in [-0.39, 0.29) is 11.2 Å². The first kappa shape index (κ1) is 13.2. The smallest absolute Gasteiger partial charge is 0.357 e. The molecule has 0 aromatic heterocycles. The zero-order valence-electron chi connectivity index (χ0n) is 7.98. The lowest BCUT2D eigenvalue weighted by molar-refractivity contribution is -0.147. The maximum Gasteiger partial charge on any atom is 0.408 e. The van der Waals surface area contributed by atoms with E-state index in [1.807, 2.05) is 0 Å². The summed E-state index contributed by atoms with van der Waals surface area (Å²) in [4.78, 5) is 0. The fourth-order valence-corrected chi connectivity index (χ4v) is 0.949. The van der Waals surface area contributed by atoms with Crippen molar-refractivity contribution in [2.75, 3.05) is 0 Å². The fourth-order valence-electron chi connectivity index (χ4n) is 0.586. The topological polar surface area (TPSA) is 24.1 Å². The Morgan fingerprint density at radius 3 is 2.21 bits per heavy atom. The van der Waals surface area contributed by atoms with Crippen molar-refractivity contribution in [2.45, 2.75) is 32.1 Å². The van der Waals surface area contributed by atoms with Crippen molar-refractivity contribution in [1.82, 2.24) is 10.6 Å². The first-order valence-electron chi connectivity index (χ1n) is 4.03. The van der Waals surface area contributed by atoms with E-state index in [1.54, 1.807) is 13.0 Å². The molecule has 0 radical (unpaired) electrons. The van der Waals surface area contributed by atoms with Gasteiger partial charge in [-0.3, -0.25) is 0 Å². The molecule has 0 bridgehead atoms. The summed E-state index contributed by atoms with van der Waals surface area (Å²) in [7, 11) is 0. The molecule has 82 valence electrons. The molecule has 0 amide bonds. The number of alkyl halides is 3. The second kappa shape index (κ2) is 5.19. The molecule has 2 N–H and O–H groups in total. The van der Waals surface area contributed by atoms with E-state index in [2.05, 4.69) is 29.4 Å². The van der Waals surface area contributed by atoms with Gasteiger partial charge in [0.15, 0.2) is 5.11 Å². The molecule has 2 atom stereocenters. The maximum atomic E-state index is 12.1. The van der Waals surface area contributed by atoms with E-state index in [9.17, 15) is 13.2 Å². The van der Waals surface area contributed by atoms with E-state index in [1.165, 1.54) is 0 Å². The predicted octanol–water partition coefficient (Wildman–Crippen LogP) is 1.98. The second-order valence-electron chi connectivity index (χ2n) is 2.91. The highest BCUT2D eigenvalue weighted by Crippen LogP contribution is 2.19. The molecule has 0 saturated heterocycles. The Morgan fingerprint density at radius 2 is 1.86 bits per heavy atom. The minimum atomic E-state index is -4.29. The third kappa shape index (κ3) is 5.06. The lowest BCUT2D eigenvalue weighted by Gasteiger charge is -2.20. The Labute approximate surface area is 86.6 Å². The van der Waals surface area contributed by atoms with Gasteiger partial charge >= 0.3 is 6.18 Å². The zero-order valence-corrected chi connectivity index (χ0v) is 8.80. The highest BCUT2D eigenvalue weighted by atomic mass is 32.1. The second-order valence-corrected chi connectivity index (χ2v) is 3.31. The van der Waals surface area contributed by atoms with E-state index in [0.717, 1.165) is 6.92 Å². The van der Waals surface area contributed by atoms with Crippen LogP contribution in [0.15, 0.2) is 12.7 Å². The van der Waals surface area contributed by atoms with Gasteiger partial charge < -0.3 is 10.6 Å². The van der Waals surface area contributed by atoms with Gasteiger partial charge in [-0.15, -0.1) is 6.58 Å². The molecule has 0 rings (SSSR count). The van der Waals surface area contributed by atoms with Gasteiger partial charge in [0.05, 0.1) is 0 Å². The molecule has 2 unspecified atom stereocenters. The van der Waals surface area contributed by atoms with Crippen LogP contribution in [0.4, 0.5) is 13.2 Å². The average Bonchev–Trinajstić information content (AvgIpc) is 2.02. The Bertz CT molecular complexity index is 215. The molecule has 0 saturated carbocycles. The van der Waals surface area contributed by atoms with Gasteiger partial charge in [-0.2, -0.15) is 13.2 Å². The third-order valence-electron chi connectivity index (χ3n) is 1.55. The monoisotopic (exact) mass is 226 g/mol. The van der Waals surface area contributed by atoms with Crippen LogP contribution in [0.5, 0.6) is 0 Å². The largest absolute Gasteiger partial charge is 0.408 e. The van der Waals surface area contributed by atoms with Gasteiger partial charge in [-0.05, 0) is 26.1 Å². The molecule has 0 aromatic carbocycles. The minimum absolute atomic E-state index is 0.0257. The number of hydrogen-bond acceptors (Lipinski definition) is 1. The third-order valence-corrected chi connectivity index (χ3v) is 1.79. The molecular weight excluding hydrogens is 213 g/mol. The Kier molecular flexibility index (Phi) is 4.90. The number of hydrogen-bond donors (Lipinski definition) is 2. The van der Waals surface area contributed by atoms with Gasteiger partial charge in [0.25, 0.3) is 0 Å². The number of nitrogens with one attached hydrogen (secondary N) is 2. The van der Waals surface area contributed by atoms with Crippen LogP contribution >= 0.6 is 12.2 Å². The quantitative estimate of drug-likeness (QED) is 0.568. The average molecular weight is 226 g/mol. The summed E-state index contributed by atoms with van der Waals surface area (Å²) >= 11 is 4.67. The summed E-state index contributed by atoms with van der Waals surface area (Å²) < 4.78 is 36.2. The van der Waals surface area contributed by atoms with Gasteiger partial charge in [0.1, 0.15) is 6.04 Å². The molecule has 0 aromatic rings. The molecule has 0 spiro atoms. The van der Waals surface area contributed by atoms with Gasteiger partial charge in [-0.25, -0.2) is 0 Å². The van der Waals surface area contributed by atoms with Crippen molar-refractivity contribution in [1.29, 1.82) is 0 Å². The van der Waals surface area contributed by atoms with Crippen LogP contribution in [0.25, 0.3) is 0 Å². The van der Waals surface area contributed by atoms with Gasteiger partial charge in [0.2, 0.25) is 0 Å². The standard InChI is InChI=1S/C8H13F3N2S/c1-4-5(2)12-7(14)13-6(3)8(9,10)11/h4-6H,1H2,2-3H3,(H2,12,13,14). The summed E-state index contributed by atoms with van der Waals surface area (Å²) in [6.45, 7) is 6.21. The maximum absolute atomic E-state index is 12.1. The zero-order chi connectivity index (χ0) is 11.4. The summed E-state index contributed by atoms with van der Waals surface area (Å²) in [5.74, 6) is 0. The van der Waals surface area contributed by atoms with E-state index in [4.69, 9.17) is 0 Å². The highest BCUT2D eigenvalue weighted by Gasteiger charge is 2.36. The molecule has 2 nitrogen and oxygen atoms in total. The Hall–Kier alpha value is -0.780. The molecule has 0 aliphatic carbocycles. The summed E-state index contributed by atoms with van der Waals surface area (Å²) in [6, 6.07) is -1.81. The van der Waals surface area contributed by atoms with E-state index in [0.29, 0.717) is 0 Å². The first-order chi connectivity index (χ1) is 6.27. The number of halogens is 3. The van der Waals surface area contributed by atoms with Crippen LogP contribution in [-0.4, -0.2) is 23.4 Å². The van der Waals surface area contributed by atoms with Crippen molar-refractivity contribution >= 4 is 17.3 Å². The lowest BCUT2D eigenvalue weighted by Crippen LogP contribution is -2.49. The van der Waals surface area contributed by atoms with Crippen LogP contribution < -0.4 is 10.6 Å². The lowest BCUT2D eigenvalue weighted by atomic mass is 10.3. The van der Waals surface area contributed by atoms with Gasteiger partial charge in [0, 0.05) is 6.04 Å². The normalized spacial score (nSPS) is 15.5. The number of thiocarbonyl (C=S) groups is 1. The molecule has 0 heterocycles. The molecule has 0 fully saturated rings. The van der Waals surface area contributed by atoms with Crippen molar-refractivity contribution < 1.29 is 13.2 Å². The molecular formula is C8H13F3N2S. The molecule has 6 heteroatoms. The van der Waals surface area contributed by atoms with Crippen molar-refractivity contribution in [3.05, 3.63) is 12.7 Å². The SMILES string of the molecule is C=CC(C)NC(=S)NC(C)C(F)(F)F. The Morgan fingerprint density at radius 1 is 1.36 bits per heavy atom. The van der Waals surface area contributed by atoms with Crippen molar-refractivity contribution in [3.63, 3.8) is 0 Å². The van der Waals surface area contributed by atoms with Crippen LogP contribution in [-0.2, 0) is 0 Å².